The van der Waals surface area contributed by atoms with E-state index in [9.17, 15) is 4.79 Å². The summed E-state index contributed by atoms with van der Waals surface area (Å²) in [5, 5.41) is 15.0. The van der Waals surface area contributed by atoms with Crippen LogP contribution >= 0.6 is 27.7 Å². The molecule has 0 aliphatic heterocycles. The Kier molecular flexibility index (Phi) is 6.06. The zero-order valence-corrected chi connectivity index (χ0v) is 17.3. The van der Waals surface area contributed by atoms with Crippen LogP contribution in [0, 0.1) is 0 Å². The second kappa shape index (κ2) is 9.05. The molecule has 148 valence electrons. The van der Waals surface area contributed by atoms with Gasteiger partial charge in [0.1, 0.15) is 0 Å². The molecule has 0 spiro atoms. The maximum Gasteiger partial charge on any atom is 0.284 e. The van der Waals surface area contributed by atoms with E-state index in [1.165, 1.54) is 18.0 Å². The van der Waals surface area contributed by atoms with Crippen molar-refractivity contribution in [1.29, 1.82) is 0 Å². The average molecular weight is 476 g/mol. The van der Waals surface area contributed by atoms with Crippen molar-refractivity contribution in [2.24, 2.45) is 0 Å². The number of hydrogen-bond donors (Lipinski definition) is 1. The number of nitrogens with one attached hydrogen (secondary N) is 1. The van der Waals surface area contributed by atoms with E-state index >= 15 is 0 Å². The fourth-order valence-corrected chi connectivity index (χ4v) is 3.19. The molecule has 0 radical (unpaired) electrons. The molecule has 3 heterocycles. The van der Waals surface area contributed by atoms with E-state index in [0.29, 0.717) is 40.8 Å². The lowest BCUT2D eigenvalue weighted by Crippen LogP contribution is -2.12. The number of halogens is 1. The highest BCUT2D eigenvalue weighted by molar-refractivity contribution is 9.10. The Morgan fingerprint density at radius 3 is 2.83 bits per heavy atom. The van der Waals surface area contributed by atoms with Crippen molar-refractivity contribution in [1.82, 2.24) is 20.3 Å². The van der Waals surface area contributed by atoms with E-state index in [1.54, 1.807) is 12.1 Å². The van der Waals surface area contributed by atoms with Crippen molar-refractivity contribution in [2.75, 3.05) is 5.32 Å². The number of furan rings is 1. The molecule has 4 rings (SSSR count). The molecule has 4 aromatic rings. The Hall–Kier alpha value is -2.92. The van der Waals surface area contributed by atoms with E-state index in [1.807, 2.05) is 24.3 Å². The number of nitrogens with zero attached hydrogens (tertiary/aromatic N) is 4. The molecule has 0 atom stereocenters. The number of amides is 1. The topological polar surface area (TPSA) is 120 Å². The average Bonchev–Trinajstić information content (AvgIpc) is 3.47. The van der Waals surface area contributed by atoms with Crippen LogP contribution in [0.15, 0.2) is 65.7 Å². The van der Waals surface area contributed by atoms with Gasteiger partial charge >= 0.3 is 0 Å². The Morgan fingerprint density at radius 1 is 1.17 bits per heavy atom. The summed E-state index contributed by atoms with van der Waals surface area (Å²) < 4.78 is 16.9. The fourth-order valence-electron chi connectivity index (χ4n) is 2.32. The molecule has 0 bridgehead atoms. The molecule has 1 N–H and O–H groups in total. The highest BCUT2D eigenvalue weighted by Gasteiger charge is 2.14. The summed E-state index contributed by atoms with van der Waals surface area (Å²) in [6.45, 7) is 0. The van der Waals surface area contributed by atoms with Gasteiger partial charge in [-0.15, -0.1) is 10.2 Å². The minimum absolute atomic E-state index is 0.127. The third kappa shape index (κ3) is 5.33. The fraction of sp³-hybridized carbons (Fsp3) is 0.167. The van der Waals surface area contributed by atoms with Crippen LogP contribution in [-0.2, 0) is 17.0 Å². The normalized spacial score (nSPS) is 10.9. The smallest absolute Gasteiger partial charge is 0.284 e. The molecule has 0 fully saturated rings. The van der Waals surface area contributed by atoms with Gasteiger partial charge < -0.3 is 18.7 Å². The maximum absolute atomic E-state index is 12.0. The first kappa shape index (κ1) is 19.4. The molecule has 29 heavy (non-hydrogen) atoms. The van der Waals surface area contributed by atoms with Gasteiger partial charge in [-0.05, 0) is 36.4 Å². The van der Waals surface area contributed by atoms with Crippen LogP contribution in [-0.4, -0.2) is 26.2 Å². The second-order valence-corrected chi connectivity index (χ2v) is 7.64. The highest BCUT2D eigenvalue weighted by atomic mass is 79.9. The van der Waals surface area contributed by atoms with Crippen molar-refractivity contribution in [3.8, 4) is 11.7 Å². The van der Waals surface area contributed by atoms with E-state index in [-0.39, 0.29) is 12.3 Å². The first-order chi connectivity index (χ1) is 14.2. The lowest BCUT2D eigenvalue weighted by Gasteiger charge is -2.03. The number of benzene rings is 1. The summed E-state index contributed by atoms with van der Waals surface area (Å²) >= 11 is 4.64. The Bertz CT molecular complexity index is 1080. The third-order valence-corrected chi connectivity index (χ3v) is 5.01. The predicted molar refractivity (Wildman–Crippen MR) is 107 cm³/mol. The van der Waals surface area contributed by atoms with Crippen LogP contribution in [0.1, 0.15) is 18.1 Å². The standard InChI is InChI=1S/C18H14BrN5O4S/c19-11-3-5-12(6-4-11)20-15(25)7-8-16-21-14(24-28-16)10-29-18-23-22-17(27-18)13-2-1-9-26-13/h1-6,9H,7-8,10H2,(H,20,25). The molecular weight excluding hydrogens is 462 g/mol. The number of hydrogen-bond acceptors (Lipinski definition) is 9. The second-order valence-electron chi connectivity index (χ2n) is 5.80. The summed E-state index contributed by atoms with van der Waals surface area (Å²) in [5.74, 6) is 1.96. The zero-order valence-electron chi connectivity index (χ0n) is 14.9. The van der Waals surface area contributed by atoms with Gasteiger partial charge in [-0.1, -0.05) is 32.8 Å². The molecule has 3 aromatic heterocycles. The van der Waals surface area contributed by atoms with Gasteiger partial charge in [0.05, 0.1) is 12.0 Å². The SMILES string of the molecule is O=C(CCc1nc(CSc2nnc(-c3ccco3)o2)no1)Nc1ccc(Br)cc1. The zero-order chi connectivity index (χ0) is 20.1. The molecule has 0 saturated heterocycles. The number of carbonyl (C=O) groups excluding carboxylic acids is 1. The number of thioether (sulfide) groups is 1. The largest absolute Gasteiger partial charge is 0.459 e. The molecule has 0 saturated carbocycles. The molecule has 9 nitrogen and oxygen atoms in total. The van der Waals surface area contributed by atoms with Crippen LogP contribution in [0.25, 0.3) is 11.7 Å². The van der Waals surface area contributed by atoms with Gasteiger partial charge in [-0.25, -0.2) is 0 Å². The summed E-state index contributed by atoms with van der Waals surface area (Å²) in [6, 6.07) is 10.8. The number of aromatic nitrogens is 4. The third-order valence-electron chi connectivity index (χ3n) is 3.67. The summed E-state index contributed by atoms with van der Waals surface area (Å²) in [6.07, 6.45) is 2.12. The van der Waals surface area contributed by atoms with Gasteiger partial charge in [0.15, 0.2) is 11.6 Å². The minimum Gasteiger partial charge on any atom is -0.459 e. The van der Waals surface area contributed by atoms with Gasteiger partial charge in [0.2, 0.25) is 11.8 Å². The van der Waals surface area contributed by atoms with Gasteiger partial charge in [-0.2, -0.15) is 4.98 Å². The number of carbonyl (C=O) groups is 1. The molecule has 0 unspecified atom stereocenters. The van der Waals surface area contributed by atoms with Crippen LogP contribution < -0.4 is 5.32 Å². The molecule has 11 heteroatoms. The Balaban J connectivity index is 1.24. The van der Waals surface area contributed by atoms with Crippen LogP contribution in [0.5, 0.6) is 0 Å². The molecular formula is C18H14BrN5O4S. The van der Waals surface area contributed by atoms with Crippen molar-refractivity contribution in [3.63, 3.8) is 0 Å². The lowest BCUT2D eigenvalue weighted by molar-refractivity contribution is -0.116. The minimum atomic E-state index is -0.127. The van der Waals surface area contributed by atoms with Crippen molar-refractivity contribution in [3.05, 3.63) is 58.8 Å². The molecule has 1 amide bonds. The number of anilines is 1. The van der Waals surface area contributed by atoms with Crippen LogP contribution in [0.3, 0.4) is 0 Å². The molecule has 0 aliphatic rings. The van der Waals surface area contributed by atoms with Gasteiger partial charge in [0.25, 0.3) is 11.1 Å². The van der Waals surface area contributed by atoms with E-state index in [2.05, 4.69) is 41.6 Å². The van der Waals surface area contributed by atoms with Gasteiger partial charge in [-0.3, -0.25) is 4.79 Å². The van der Waals surface area contributed by atoms with Gasteiger partial charge in [0, 0.05) is 23.0 Å². The van der Waals surface area contributed by atoms with Crippen LogP contribution in [0.2, 0.25) is 0 Å². The van der Waals surface area contributed by atoms with Crippen LogP contribution in [0.4, 0.5) is 5.69 Å². The quantitative estimate of drug-likeness (QED) is 0.370. The van der Waals surface area contributed by atoms with Crippen molar-refractivity contribution in [2.45, 2.75) is 23.8 Å². The number of aryl methyl sites for hydroxylation is 1. The van der Waals surface area contributed by atoms with E-state index in [0.717, 1.165) is 10.2 Å². The highest BCUT2D eigenvalue weighted by Crippen LogP contribution is 2.25. The first-order valence-electron chi connectivity index (χ1n) is 8.53. The first-order valence-corrected chi connectivity index (χ1v) is 10.3. The van der Waals surface area contributed by atoms with Crippen molar-refractivity contribution >= 4 is 39.3 Å². The summed E-state index contributed by atoms with van der Waals surface area (Å²) in [7, 11) is 0. The monoisotopic (exact) mass is 475 g/mol. The maximum atomic E-state index is 12.0. The Labute approximate surface area is 177 Å². The molecule has 1 aromatic carbocycles. The predicted octanol–water partition coefficient (Wildman–Crippen LogP) is 4.34. The number of rotatable bonds is 8. The Morgan fingerprint density at radius 2 is 2.03 bits per heavy atom. The van der Waals surface area contributed by atoms with E-state index < -0.39 is 0 Å². The molecule has 0 aliphatic carbocycles. The summed E-state index contributed by atoms with van der Waals surface area (Å²) in [5.41, 5.74) is 0.731. The van der Waals surface area contributed by atoms with Crippen molar-refractivity contribution < 1.29 is 18.2 Å². The lowest BCUT2D eigenvalue weighted by atomic mass is 10.2. The summed E-state index contributed by atoms with van der Waals surface area (Å²) in [4.78, 5) is 16.3. The van der Waals surface area contributed by atoms with E-state index in [4.69, 9.17) is 13.4 Å².